The van der Waals surface area contributed by atoms with Crippen LogP contribution < -0.4 is 5.32 Å². The van der Waals surface area contributed by atoms with Crippen molar-refractivity contribution in [1.82, 2.24) is 10.3 Å². The van der Waals surface area contributed by atoms with Gasteiger partial charge in [-0.25, -0.2) is 4.98 Å². The highest BCUT2D eigenvalue weighted by Gasteiger charge is 2.21. The maximum Gasteiger partial charge on any atom is 0.0941 e. The number of benzene rings is 1. The molecule has 1 N–H and O–H groups in total. The average Bonchev–Trinajstić information content (AvgIpc) is 2.81. The summed E-state index contributed by atoms with van der Waals surface area (Å²) in [7, 11) is 0. The molecule has 1 saturated heterocycles. The number of piperidine rings is 1. The molecule has 102 valence electrons. The van der Waals surface area contributed by atoms with Crippen molar-refractivity contribution in [3.05, 3.63) is 27.7 Å². The molecule has 1 aromatic carbocycles. The highest BCUT2D eigenvalue weighted by atomic mass is 79.9. The topological polar surface area (TPSA) is 24.9 Å². The van der Waals surface area contributed by atoms with E-state index in [1.54, 1.807) is 0 Å². The van der Waals surface area contributed by atoms with E-state index in [-0.39, 0.29) is 0 Å². The molecule has 2 nitrogen and oxygen atoms in total. The summed E-state index contributed by atoms with van der Waals surface area (Å²) in [4.78, 5) is 4.77. The quantitative estimate of drug-likeness (QED) is 0.905. The van der Waals surface area contributed by atoms with Crippen molar-refractivity contribution >= 4 is 37.5 Å². The molecule has 0 amide bonds. The number of thiazole rings is 1. The van der Waals surface area contributed by atoms with Gasteiger partial charge < -0.3 is 5.32 Å². The van der Waals surface area contributed by atoms with Gasteiger partial charge in [-0.15, -0.1) is 11.3 Å². The Labute approximate surface area is 126 Å². The standard InChI is InChI=1S/C15H19BrN2S/c1-10(11-3-2-6-17-9-11)7-15-18-13-5-4-12(16)8-14(13)19-15/h4-5,8,10-11,17H,2-3,6-7,9H2,1H3. The summed E-state index contributed by atoms with van der Waals surface area (Å²) in [6.07, 6.45) is 3.80. The number of halogens is 1. The summed E-state index contributed by atoms with van der Waals surface area (Å²) in [5.74, 6) is 1.53. The van der Waals surface area contributed by atoms with Gasteiger partial charge in [-0.3, -0.25) is 0 Å². The molecule has 1 aromatic heterocycles. The fourth-order valence-electron chi connectivity index (χ4n) is 2.84. The van der Waals surface area contributed by atoms with Crippen LogP contribution >= 0.6 is 27.3 Å². The number of nitrogens with one attached hydrogen (secondary N) is 1. The zero-order valence-corrected chi connectivity index (χ0v) is 13.6. The molecule has 19 heavy (non-hydrogen) atoms. The number of nitrogens with zero attached hydrogens (tertiary/aromatic N) is 1. The Morgan fingerprint density at radius 1 is 1.53 bits per heavy atom. The fourth-order valence-corrected chi connectivity index (χ4v) is 4.50. The zero-order valence-electron chi connectivity index (χ0n) is 11.2. The Balaban J connectivity index is 1.73. The van der Waals surface area contributed by atoms with E-state index in [1.807, 2.05) is 11.3 Å². The van der Waals surface area contributed by atoms with Gasteiger partial charge in [-0.05, 0) is 56.0 Å². The fraction of sp³-hybridized carbons (Fsp3) is 0.533. The molecule has 1 aliphatic heterocycles. The van der Waals surface area contributed by atoms with E-state index < -0.39 is 0 Å². The minimum absolute atomic E-state index is 0.719. The number of rotatable bonds is 3. The van der Waals surface area contributed by atoms with E-state index in [4.69, 9.17) is 4.98 Å². The lowest BCUT2D eigenvalue weighted by Crippen LogP contribution is -2.33. The van der Waals surface area contributed by atoms with Gasteiger partial charge in [0, 0.05) is 10.9 Å². The maximum absolute atomic E-state index is 4.77. The van der Waals surface area contributed by atoms with Crippen LogP contribution in [0.5, 0.6) is 0 Å². The van der Waals surface area contributed by atoms with Crippen molar-refractivity contribution in [3.8, 4) is 0 Å². The van der Waals surface area contributed by atoms with Gasteiger partial charge >= 0.3 is 0 Å². The summed E-state index contributed by atoms with van der Waals surface area (Å²) in [5.41, 5.74) is 1.14. The van der Waals surface area contributed by atoms with Crippen LogP contribution in [-0.2, 0) is 6.42 Å². The van der Waals surface area contributed by atoms with Crippen LogP contribution in [0.2, 0.25) is 0 Å². The SMILES string of the molecule is CC(Cc1nc2ccc(Br)cc2s1)C1CCCNC1. The Morgan fingerprint density at radius 3 is 3.21 bits per heavy atom. The van der Waals surface area contributed by atoms with Crippen LogP contribution in [0.1, 0.15) is 24.8 Å². The minimum Gasteiger partial charge on any atom is -0.316 e. The zero-order chi connectivity index (χ0) is 13.2. The second kappa shape index (κ2) is 5.90. The van der Waals surface area contributed by atoms with Gasteiger partial charge in [0.25, 0.3) is 0 Å². The molecule has 0 aliphatic carbocycles. The average molecular weight is 339 g/mol. The molecule has 2 heterocycles. The van der Waals surface area contributed by atoms with Gasteiger partial charge in [0.05, 0.1) is 15.2 Å². The third-order valence-corrected chi connectivity index (χ3v) is 5.56. The second-order valence-corrected chi connectivity index (χ2v) is 7.54. The van der Waals surface area contributed by atoms with Crippen molar-refractivity contribution in [3.63, 3.8) is 0 Å². The first-order valence-electron chi connectivity index (χ1n) is 6.98. The van der Waals surface area contributed by atoms with E-state index in [0.717, 1.165) is 28.2 Å². The molecule has 2 atom stereocenters. The highest BCUT2D eigenvalue weighted by molar-refractivity contribution is 9.10. The summed E-state index contributed by atoms with van der Waals surface area (Å²) < 4.78 is 2.43. The maximum atomic E-state index is 4.77. The first-order valence-corrected chi connectivity index (χ1v) is 8.59. The van der Waals surface area contributed by atoms with Crippen molar-refractivity contribution in [2.24, 2.45) is 11.8 Å². The molecule has 0 bridgehead atoms. The lowest BCUT2D eigenvalue weighted by molar-refractivity contribution is 0.279. The van der Waals surface area contributed by atoms with Crippen molar-refractivity contribution in [1.29, 1.82) is 0 Å². The minimum atomic E-state index is 0.719. The predicted octanol–water partition coefficient (Wildman–Crippen LogP) is 4.24. The third-order valence-electron chi connectivity index (χ3n) is 4.03. The summed E-state index contributed by atoms with van der Waals surface area (Å²) in [6, 6.07) is 6.34. The molecule has 1 fully saturated rings. The van der Waals surface area contributed by atoms with E-state index in [1.165, 1.54) is 35.6 Å². The number of fused-ring (bicyclic) bond motifs is 1. The van der Waals surface area contributed by atoms with Crippen LogP contribution in [0.4, 0.5) is 0 Å². The smallest absolute Gasteiger partial charge is 0.0941 e. The number of hydrogen-bond donors (Lipinski definition) is 1. The lowest BCUT2D eigenvalue weighted by Gasteiger charge is -2.27. The van der Waals surface area contributed by atoms with E-state index in [9.17, 15) is 0 Å². The number of hydrogen-bond acceptors (Lipinski definition) is 3. The van der Waals surface area contributed by atoms with Gasteiger partial charge in [0.15, 0.2) is 0 Å². The Bertz CT molecular complexity index is 560. The lowest BCUT2D eigenvalue weighted by atomic mass is 9.86. The van der Waals surface area contributed by atoms with E-state index >= 15 is 0 Å². The molecule has 3 rings (SSSR count). The number of aromatic nitrogens is 1. The van der Waals surface area contributed by atoms with Crippen LogP contribution in [-0.4, -0.2) is 18.1 Å². The van der Waals surface area contributed by atoms with Crippen molar-refractivity contribution in [2.75, 3.05) is 13.1 Å². The Morgan fingerprint density at radius 2 is 2.42 bits per heavy atom. The molecule has 1 aliphatic rings. The normalized spacial score (nSPS) is 21.7. The first kappa shape index (κ1) is 13.5. The van der Waals surface area contributed by atoms with E-state index in [2.05, 4.69) is 46.4 Å². The molecule has 0 spiro atoms. The second-order valence-electron chi connectivity index (χ2n) is 5.51. The highest BCUT2D eigenvalue weighted by Crippen LogP contribution is 2.29. The van der Waals surface area contributed by atoms with Crippen LogP contribution in [0.15, 0.2) is 22.7 Å². The molecule has 2 unspecified atom stereocenters. The first-order chi connectivity index (χ1) is 9.22. The van der Waals surface area contributed by atoms with Gasteiger partial charge in [-0.1, -0.05) is 22.9 Å². The Hall–Kier alpha value is -0.450. The van der Waals surface area contributed by atoms with Crippen LogP contribution in [0.3, 0.4) is 0 Å². The summed E-state index contributed by atoms with van der Waals surface area (Å²) in [5, 5.41) is 4.80. The van der Waals surface area contributed by atoms with Crippen LogP contribution in [0.25, 0.3) is 10.2 Å². The molecule has 0 radical (unpaired) electrons. The Kier molecular flexibility index (Phi) is 4.20. The predicted molar refractivity (Wildman–Crippen MR) is 85.8 cm³/mol. The van der Waals surface area contributed by atoms with Crippen molar-refractivity contribution < 1.29 is 0 Å². The van der Waals surface area contributed by atoms with Crippen LogP contribution in [0, 0.1) is 11.8 Å². The summed E-state index contributed by atoms with van der Waals surface area (Å²) >= 11 is 5.37. The molecule has 2 aromatic rings. The summed E-state index contributed by atoms with van der Waals surface area (Å²) in [6.45, 7) is 4.75. The van der Waals surface area contributed by atoms with Gasteiger partial charge in [0.2, 0.25) is 0 Å². The monoisotopic (exact) mass is 338 g/mol. The molecule has 0 saturated carbocycles. The molecular formula is C15H19BrN2S. The largest absolute Gasteiger partial charge is 0.316 e. The molecular weight excluding hydrogens is 320 g/mol. The van der Waals surface area contributed by atoms with Crippen molar-refractivity contribution in [2.45, 2.75) is 26.2 Å². The molecule has 4 heteroatoms. The third kappa shape index (κ3) is 3.18. The van der Waals surface area contributed by atoms with Gasteiger partial charge in [0.1, 0.15) is 0 Å². The van der Waals surface area contributed by atoms with E-state index in [0.29, 0.717) is 0 Å². The van der Waals surface area contributed by atoms with Gasteiger partial charge in [-0.2, -0.15) is 0 Å².